The molecule has 1 unspecified atom stereocenters. The highest BCUT2D eigenvalue weighted by atomic mass is 16.1. The van der Waals surface area contributed by atoms with E-state index in [0.29, 0.717) is 6.42 Å². The second-order valence-corrected chi connectivity index (χ2v) is 1.83. The molecule has 0 aromatic carbocycles. The lowest BCUT2D eigenvalue weighted by Crippen LogP contribution is -2.23. The lowest BCUT2D eigenvalue weighted by Gasteiger charge is -1.95. The van der Waals surface area contributed by atoms with Crippen molar-refractivity contribution in [3.8, 4) is 12.3 Å². The molecule has 1 aliphatic rings. The monoisotopic (exact) mass is 109 g/mol. The minimum atomic E-state index is 0.00231. The fourth-order valence-electron chi connectivity index (χ4n) is 0.739. The Morgan fingerprint density at radius 3 is 2.88 bits per heavy atom. The molecular formula is C6H7NO. The summed E-state index contributed by atoms with van der Waals surface area (Å²) in [5, 5.41) is 2.63. The fourth-order valence-corrected chi connectivity index (χ4v) is 0.739. The molecule has 8 heavy (non-hydrogen) atoms. The summed E-state index contributed by atoms with van der Waals surface area (Å²) in [7, 11) is 0. The van der Waals surface area contributed by atoms with Crippen molar-refractivity contribution in [2.24, 2.45) is 0 Å². The minimum absolute atomic E-state index is 0.00231. The van der Waals surface area contributed by atoms with Crippen LogP contribution in [0.5, 0.6) is 0 Å². The van der Waals surface area contributed by atoms with Gasteiger partial charge in [0.1, 0.15) is 0 Å². The molecule has 1 rings (SSSR count). The molecule has 2 heteroatoms. The Hall–Kier alpha value is -0.970. The third-order valence-electron chi connectivity index (χ3n) is 1.20. The Morgan fingerprint density at radius 1 is 1.88 bits per heavy atom. The number of rotatable bonds is 0. The molecule has 0 aliphatic carbocycles. The van der Waals surface area contributed by atoms with E-state index < -0.39 is 0 Å². The van der Waals surface area contributed by atoms with Gasteiger partial charge in [0.15, 0.2) is 0 Å². The third-order valence-corrected chi connectivity index (χ3v) is 1.20. The van der Waals surface area contributed by atoms with Gasteiger partial charge in [-0.1, -0.05) is 5.92 Å². The first kappa shape index (κ1) is 5.17. The third kappa shape index (κ3) is 0.812. The summed E-state index contributed by atoms with van der Waals surface area (Å²) in [6, 6.07) is 0.00231. The molecule has 0 radical (unpaired) electrons. The highest BCUT2D eigenvalue weighted by Gasteiger charge is 2.17. The van der Waals surface area contributed by atoms with Gasteiger partial charge in [-0.05, 0) is 6.42 Å². The largest absolute Gasteiger partial charge is 0.342 e. The van der Waals surface area contributed by atoms with Gasteiger partial charge in [0.05, 0.1) is 6.04 Å². The number of hydrogen-bond donors (Lipinski definition) is 1. The van der Waals surface area contributed by atoms with Crippen molar-refractivity contribution in [2.45, 2.75) is 18.9 Å². The molecule has 1 heterocycles. The van der Waals surface area contributed by atoms with Crippen molar-refractivity contribution in [1.29, 1.82) is 0 Å². The predicted molar refractivity (Wildman–Crippen MR) is 30.0 cm³/mol. The zero-order valence-electron chi connectivity index (χ0n) is 4.48. The van der Waals surface area contributed by atoms with E-state index in [1.807, 2.05) is 0 Å². The molecule has 2 nitrogen and oxygen atoms in total. The van der Waals surface area contributed by atoms with Crippen LogP contribution in [0.25, 0.3) is 0 Å². The van der Waals surface area contributed by atoms with Gasteiger partial charge in [0, 0.05) is 6.42 Å². The number of hydrogen-bond acceptors (Lipinski definition) is 1. The van der Waals surface area contributed by atoms with Crippen molar-refractivity contribution in [3.63, 3.8) is 0 Å². The summed E-state index contributed by atoms with van der Waals surface area (Å²) >= 11 is 0. The molecule has 1 atom stereocenters. The van der Waals surface area contributed by atoms with Gasteiger partial charge in [-0.3, -0.25) is 4.79 Å². The molecule has 42 valence electrons. The number of terminal acetylenes is 1. The van der Waals surface area contributed by atoms with E-state index in [0.717, 1.165) is 6.42 Å². The average Bonchev–Trinajstić information content (AvgIpc) is 2.14. The van der Waals surface area contributed by atoms with Crippen LogP contribution in [0.3, 0.4) is 0 Å². The number of amides is 1. The standard InChI is InChI=1S/C6H7NO/c1-2-5-3-4-6(8)7-5/h1,5H,3-4H2,(H,7,8). The number of carbonyl (C=O) groups is 1. The van der Waals surface area contributed by atoms with E-state index in [-0.39, 0.29) is 11.9 Å². The average molecular weight is 109 g/mol. The Morgan fingerprint density at radius 2 is 2.62 bits per heavy atom. The predicted octanol–water partition coefficient (Wildman–Crippen LogP) is -0.102. The van der Waals surface area contributed by atoms with Gasteiger partial charge < -0.3 is 5.32 Å². The molecule has 0 aromatic rings. The first-order valence-corrected chi connectivity index (χ1v) is 2.58. The van der Waals surface area contributed by atoms with Crippen LogP contribution in [-0.4, -0.2) is 11.9 Å². The molecule has 0 spiro atoms. The van der Waals surface area contributed by atoms with Crippen molar-refractivity contribution in [3.05, 3.63) is 0 Å². The van der Waals surface area contributed by atoms with Crippen LogP contribution in [0.4, 0.5) is 0 Å². The van der Waals surface area contributed by atoms with Crippen LogP contribution in [0.1, 0.15) is 12.8 Å². The zero-order chi connectivity index (χ0) is 5.98. The SMILES string of the molecule is C#CC1CCC(=O)N1. The molecule has 1 saturated heterocycles. The summed E-state index contributed by atoms with van der Waals surface area (Å²) in [6.07, 6.45) is 6.42. The zero-order valence-corrected chi connectivity index (χ0v) is 4.48. The van der Waals surface area contributed by atoms with Crippen LogP contribution in [0.15, 0.2) is 0 Å². The normalized spacial score (nSPS) is 26.9. The van der Waals surface area contributed by atoms with Gasteiger partial charge in [0.25, 0.3) is 0 Å². The Balaban J connectivity index is 2.47. The first-order valence-electron chi connectivity index (χ1n) is 2.58. The minimum Gasteiger partial charge on any atom is -0.342 e. The molecular weight excluding hydrogens is 102 g/mol. The highest BCUT2D eigenvalue weighted by molar-refractivity contribution is 5.79. The Kier molecular flexibility index (Phi) is 1.21. The highest BCUT2D eigenvalue weighted by Crippen LogP contribution is 2.03. The Bertz CT molecular complexity index is 145. The first-order chi connectivity index (χ1) is 3.83. The van der Waals surface area contributed by atoms with Gasteiger partial charge >= 0.3 is 0 Å². The van der Waals surface area contributed by atoms with E-state index in [1.165, 1.54) is 0 Å². The lowest BCUT2D eigenvalue weighted by molar-refractivity contribution is -0.119. The van der Waals surface area contributed by atoms with Crippen molar-refractivity contribution < 1.29 is 4.79 Å². The van der Waals surface area contributed by atoms with Crippen molar-refractivity contribution in [1.82, 2.24) is 5.32 Å². The summed E-state index contributed by atoms with van der Waals surface area (Å²) < 4.78 is 0. The molecule has 0 bridgehead atoms. The summed E-state index contributed by atoms with van der Waals surface area (Å²) in [5.74, 6) is 2.54. The fraction of sp³-hybridized carbons (Fsp3) is 0.500. The Labute approximate surface area is 48.3 Å². The molecule has 1 fully saturated rings. The van der Waals surface area contributed by atoms with Crippen molar-refractivity contribution >= 4 is 5.91 Å². The van der Waals surface area contributed by atoms with E-state index in [2.05, 4.69) is 11.2 Å². The van der Waals surface area contributed by atoms with Crippen molar-refractivity contribution in [2.75, 3.05) is 0 Å². The quantitative estimate of drug-likeness (QED) is 0.432. The summed E-state index contributed by atoms with van der Waals surface area (Å²) in [6.45, 7) is 0. The molecule has 0 saturated carbocycles. The lowest BCUT2D eigenvalue weighted by atomic mass is 10.2. The van der Waals surface area contributed by atoms with E-state index in [1.54, 1.807) is 0 Å². The van der Waals surface area contributed by atoms with E-state index in [9.17, 15) is 4.79 Å². The molecule has 1 N–H and O–H groups in total. The number of nitrogens with one attached hydrogen (secondary N) is 1. The smallest absolute Gasteiger partial charge is 0.221 e. The summed E-state index contributed by atoms with van der Waals surface area (Å²) in [5.41, 5.74) is 0. The maximum atomic E-state index is 10.4. The van der Waals surface area contributed by atoms with E-state index in [4.69, 9.17) is 6.42 Å². The molecule has 0 aromatic heterocycles. The second-order valence-electron chi connectivity index (χ2n) is 1.83. The van der Waals surface area contributed by atoms with Gasteiger partial charge in [-0.25, -0.2) is 0 Å². The van der Waals surface area contributed by atoms with Gasteiger partial charge in [-0.15, -0.1) is 6.42 Å². The van der Waals surface area contributed by atoms with E-state index >= 15 is 0 Å². The van der Waals surface area contributed by atoms with Crippen LogP contribution < -0.4 is 5.32 Å². The molecule has 1 amide bonds. The number of carbonyl (C=O) groups excluding carboxylic acids is 1. The maximum Gasteiger partial charge on any atom is 0.221 e. The second kappa shape index (κ2) is 1.87. The van der Waals surface area contributed by atoms with Gasteiger partial charge in [-0.2, -0.15) is 0 Å². The topological polar surface area (TPSA) is 29.1 Å². The van der Waals surface area contributed by atoms with Crippen LogP contribution >= 0.6 is 0 Å². The maximum absolute atomic E-state index is 10.4. The van der Waals surface area contributed by atoms with Crippen LogP contribution in [0.2, 0.25) is 0 Å². The van der Waals surface area contributed by atoms with Crippen LogP contribution in [-0.2, 0) is 4.79 Å². The molecule has 1 aliphatic heterocycles. The van der Waals surface area contributed by atoms with Gasteiger partial charge in [0.2, 0.25) is 5.91 Å². The van der Waals surface area contributed by atoms with Crippen LogP contribution in [0, 0.1) is 12.3 Å². The summed E-state index contributed by atoms with van der Waals surface area (Å²) in [4.78, 5) is 10.4.